The third kappa shape index (κ3) is 5.77. The molecule has 0 saturated carbocycles. The smallest absolute Gasteiger partial charge is 0.0701 e. The lowest BCUT2D eigenvalue weighted by Crippen LogP contribution is -2.28. The van der Waals surface area contributed by atoms with Crippen LogP contribution in [0.1, 0.15) is 54.4 Å². The summed E-state index contributed by atoms with van der Waals surface area (Å²) >= 11 is 0. The number of aryl methyl sites for hydroxylation is 2. The fourth-order valence-corrected chi connectivity index (χ4v) is 4.79. The van der Waals surface area contributed by atoms with Gasteiger partial charge in [-0.1, -0.05) is 53.9 Å². The normalized spacial score (nSPS) is 13.7. The van der Waals surface area contributed by atoms with Gasteiger partial charge in [-0.05, 0) is 61.8 Å². The highest BCUT2D eigenvalue weighted by molar-refractivity contribution is 5.81. The Morgan fingerprint density at radius 2 is 1.38 bits per heavy atom. The summed E-state index contributed by atoms with van der Waals surface area (Å²) in [5.74, 6) is -0.977. The Kier molecular flexibility index (Phi) is 8.85. The zero-order valence-electron chi connectivity index (χ0n) is 19.6. The number of rotatable bonds is 14. The molecule has 2 aromatic carbocycles. The summed E-state index contributed by atoms with van der Waals surface area (Å²) in [6, 6.07) is 13.4. The second kappa shape index (κ2) is 11.6. The van der Waals surface area contributed by atoms with Gasteiger partial charge in [0.1, 0.15) is 0 Å². The number of hydrogen-bond acceptors (Lipinski definition) is 5. The standard InChI is InChI=1S/C27H36O5/c1-20-7-9-22-23-10-8-21(2)19-25(23)27(24(22)18-20,11-5-4-6-26(28)29)12-13-31-16-17-32-15-14-30-3/h7-10,18-19H,4-6,11-17H2,1-3H3,(H,28,29)/p-1. The molecule has 0 radical (unpaired) electrons. The first-order valence-electron chi connectivity index (χ1n) is 11.5. The maximum atomic E-state index is 10.9. The van der Waals surface area contributed by atoms with Gasteiger partial charge < -0.3 is 24.1 Å². The van der Waals surface area contributed by atoms with Crippen molar-refractivity contribution >= 4 is 5.97 Å². The van der Waals surface area contributed by atoms with Gasteiger partial charge in [0.15, 0.2) is 0 Å². The minimum absolute atomic E-state index is 0.104. The van der Waals surface area contributed by atoms with Gasteiger partial charge in [0.05, 0.1) is 26.4 Å². The molecule has 1 aliphatic carbocycles. The molecule has 0 fully saturated rings. The van der Waals surface area contributed by atoms with Gasteiger partial charge in [0, 0.05) is 25.1 Å². The molecule has 3 rings (SSSR count). The number of carboxylic acid groups (broad SMARTS) is 1. The minimum Gasteiger partial charge on any atom is -0.550 e. The first-order chi connectivity index (χ1) is 15.5. The second-order valence-electron chi connectivity index (χ2n) is 8.73. The zero-order valence-corrected chi connectivity index (χ0v) is 19.6. The van der Waals surface area contributed by atoms with Crippen molar-refractivity contribution in [1.82, 2.24) is 0 Å². The summed E-state index contributed by atoms with van der Waals surface area (Å²) in [5, 5.41) is 10.9. The second-order valence-corrected chi connectivity index (χ2v) is 8.73. The summed E-state index contributed by atoms with van der Waals surface area (Å²) in [6.45, 7) is 7.13. The maximum Gasteiger partial charge on any atom is 0.0701 e. The van der Waals surface area contributed by atoms with E-state index in [1.54, 1.807) is 7.11 Å². The van der Waals surface area contributed by atoms with Crippen LogP contribution < -0.4 is 5.11 Å². The molecule has 0 aromatic heterocycles. The number of hydrogen-bond donors (Lipinski definition) is 0. The molecule has 0 amide bonds. The molecule has 0 heterocycles. The Balaban J connectivity index is 1.81. The van der Waals surface area contributed by atoms with Crippen LogP contribution in [0.15, 0.2) is 36.4 Å². The maximum absolute atomic E-state index is 10.9. The van der Waals surface area contributed by atoms with E-state index in [4.69, 9.17) is 14.2 Å². The zero-order chi connectivity index (χ0) is 23.0. The lowest BCUT2D eigenvalue weighted by molar-refractivity contribution is -0.305. The number of carbonyl (C=O) groups is 1. The highest BCUT2D eigenvalue weighted by atomic mass is 16.5. The molecular weight excluding hydrogens is 404 g/mol. The minimum atomic E-state index is -0.977. The van der Waals surface area contributed by atoms with Crippen molar-refractivity contribution in [2.24, 2.45) is 0 Å². The van der Waals surface area contributed by atoms with Gasteiger partial charge in [-0.3, -0.25) is 0 Å². The molecule has 1 aliphatic rings. The first-order valence-corrected chi connectivity index (χ1v) is 11.5. The number of aliphatic carboxylic acids is 1. The van der Waals surface area contributed by atoms with Gasteiger partial charge in [-0.25, -0.2) is 0 Å². The first kappa shape index (κ1) is 24.4. The van der Waals surface area contributed by atoms with Crippen LogP contribution in [0.2, 0.25) is 0 Å². The third-order valence-electron chi connectivity index (χ3n) is 6.38. The van der Waals surface area contributed by atoms with Crippen LogP contribution in [-0.4, -0.2) is 46.1 Å². The van der Waals surface area contributed by atoms with Gasteiger partial charge in [0.25, 0.3) is 0 Å². The van der Waals surface area contributed by atoms with Crippen LogP contribution >= 0.6 is 0 Å². The Hall–Kier alpha value is -2.21. The molecule has 2 aromatic rings. The van der Waals surface area contributed by atoms with Crippen LogP contribution in [0.5, 0.6) is 0 Å². The van der Waals surface area contributed by atoms with E-state index >= 15 is 0 Å². The van der Waals surface area contributed by atoms with E-state index in [0.717, 1.165) is 19.3 Å². The SMILES string of the molecule is COCCOCCOCCC1(CCCCC(=O)[O-])c2cc(C)ccc2-c2ccc(C)cc21. The van der Waals surface area contributed by atoms with Gasteiger partial charge in [0.2, 0.25) is 0 Å². The van der Waals surface area contributed by atoms with Crippen LogP contribution in [-0.2, 0) is 24.4 Å². The molecule has 0 spiro atoms. The van der Waals surface area contributed by atoms with E-state index < -0.39 is 5.97 Å². The van der Waals surface area contributed by atoms with Crippen molar-refractivity contribution in [3.63, 3.8) is 0 Å². The molecule has 5 heteroatoms. The Morgan fingerprint density at radius 1 is 0.812 bits per heavy atom. The Labute approximate surface area is 191 Å². The van der Waals surface area contributed by atoms with Crippen LogP contribution in [0.3, 0.4) is 0 Å². The number of benzene rings is 2. The van der Waals surface area contributed by atoms with Crippen LogP contribution in [0.4, 0.5) is 0 Å². The van der Waals surface area contributed by atoms with E-state index in [2.05, 4.69) is 50.2 Å². The summed E-state index contributed by atoms with van der Waals surface area (Å²) in [5.41, 5.74) is 7.55. The highest BCUT2D eigenvalue weighted by Crippen LogP contribution is 2.53. The largest absolute Gasteiger partial charge is 0.550 e. The van der Waals surface area contributed by atoms with Crippen molar-refractivity contribution in [3.05, 3.63) is 58.7 Å². The van der Waals surface area contributed by atoms with Gasteiger partial charge >= 0.3 is 0 Å². The van der Waals surface area contributed by atoms with E-state index in [9.17, 15) is 9.90 Å². The number of unbranched alkanes of at least 4 members (excludes halogenated alkanes) is 1. The molecule has 0 unspecified atom stereocenters. The molecule has 174 valence electrons. The number of carbonyl (C=O) groups excluding carboxylic acids is 1. The molecule has 0 atom stereocenters. The molecule has 32 heavy (non-hydrogen) atoms. The lowest BCUT2D eigenvalue weighted by atomic mass is 9.71. The van der Waals surface area contributed by atoms with Crippen molar-refractivity contribution in [3.8, 4) is 11.1 Å². The topological polar surface area (TPSA) is 67.8 Å². The number of fused-ring (bicyclic) bond motifs is 3. The fraction of sp³-hybridized carbons (Fsp3) is 0.519. The molecule has 0 aliphatic heterocycles. The van der Waals surface area contributed by atoms with E-state index in [-0.39, 0.29) is 11.8 Å². The molecular formula is C27H35O5-. The van der Waals surface area contributed by atoms with Crippen molar-refractivity contribution in [2.45, 2.75) is 51.4 Å². The highest BCUT2D eigenvalue weighted by Gasteiger charge is 2.42. The predicted octanol–water partition coefficient (Wildman–Crippen LogP) is 3.95. The molecule has 0 bridgehead atoms. The molecule has 0 saturated heterocycles. The fourth-order valence-electron chi connectivity index (χ4n) is 4.79. The van der Waals surface area contributed by atoms with E-state index in [1.807, 2.05) is 0 Å². The summed E-state index contributed by atoms with van der Waals surface area (Å²) < 4.78 is 16.5. The van der Waals surface area contributed by atoms with Gasteiger partial charge in [-0.2, -0.15) is 0 Å². The molecule has 0 N–H and O–H groups in total. The van der Waals surface area contributed by atoms with E-state index in [1.165, 1.54) is 33.4 Å². The van der Waals surface area contributed by atoms with Gasteiger partial charge in [-0.15, -0.1) is 0 Å². The monoisotopic (exact) mass is 439 g/mol. The lowest BCUT2D eigenvalue weighted by Gasteiger charge is -2.33. The number of carboxylic acids is 1. The number of ether oxygens (including phenoxy) is 3. The van der Waals surface area contributed by atoms with Crippen LogP contribution in [0.25, 0.3) is 11.1 Å². The van der Waals surface area contributed by atoms with Crippen molar-refractivity contribution in [1.29, 1.82) is 0 Å². The summed E-state index contributed by atoms with van der Waals surface area (Å²) in [4.78, 5) is 10.9. The average Bonchev–Trinajstić information content (AvgIpc) is 3.02. The van der Waals surface area contributed by atoms with Crippen LogP contribution in [0, 0.1) is 13.8 Å². The predicted molar refractivity (Wildman–Crippen MR) is 124 cm³/mol. The summed E-state index contributed by atoms with van der Waals surface area (Å²) in [6.07, 6.45) is 3.30. The quantitative estimate of drug-likeness (QED) is 0.417. The van der Waals surface area contributed by atoms with E-state index in [0.29, 0.717) is 39.5 Å². The number of methoxy groups -OCH3 is 1. The Bertz CT molecular complexity index is 853. The summed E-state index contributed by atoms with van der Waals surface area (Å²) in [7, 11) is 1.66. The van der Waals surface area contributed by atoms with Crippen molar-refractivity contribution < 1.29 is 24.1 Å². The average molecular weight is 440 g/mol. The molecule has 5 nitrogen and oxygen atoms in total. The third-order valence-corrected chi connectivity index (χ3v) is 6.38. The van der Waals surface area contributed by atoms with Crippen molar-refractivity contribution in [2.75, 3.05) is 40.1 Å². The Morgan fingerprint density at radius 3 is 1.94 bits per heavy atom.